The molecule has 1 amide bonds. The molecule has 0 aliphatic carbocycles. The van der Waals surface area contributed by atoms with Gasteiger partial charge in [-0.2, -0.15) is 0 Å². The summed E-state index contributed by atoms with van der Waals surface area (Å²) in [6.07, 6.45) is 0.434. The number of amides is 1. The van der Waals surface area contributed by atoms with E-state index in [2.05, 4.69) is 4.98 Å². The molecule has 2 aromatic carbocycles. The number of thiazole rings is 1. The Bertz CT molecular complexity index is 958. The van der Waals surface area contributed by atoms with Gasteiger partial charge in [-0.25, -0.2) is 4.98 Å². The molecule has 0 unspecified atom stereocenters. The van der Waals surface area contributed by atoms with Gasteiger partial charge in [0.2, 0.25) is 5.91 Å². The predicted octanol–water partition coefficient (Wildman–Crippen LogP) is 4.08. The van der Waals surface area contributed by atoms with E-state index in [0.717, 1.165) is 21.0 Å². The Kier molecular flexibility index (Phi) is 5.66. The van der Waals surface area contributed by atoms with Crippen molar-refractivity contribution in [2.24, 2.45) is 0 Å². The van der Waals surface area contributed by atoms with Gasteiger partial charge in [0, 0.05) is 44.4 Å². The van der Waals surface area contributed by atoms with Crippen molar-refractivity contribution in [3.8, 4) is 0 Å². The van der Waals surface area contributed by atoms with Crippen molar-refractivity contribution >= 4 is 44.0 Å². The molecule has 1 aromatic heterocycles. The monoisotopic (exact) mass is 384 g/mol. The molecule has 0 atom stereocenters. The third-order valence-electron chi connectivity index (χ3n) is 4.23. The van der Waals surface area contributed by atoms with Crippen molar-refractivity contribution in [2.75, 3.05) is 29.9 Å². The van der Waals surface area contributed by atoms with E-state index in [1.165, 1.54) is 17.4 Å². The minimum absolute atomic E-state index is 0.0594. The summed E-state index contributed by atoms with van der Waals surface area (Å²) in [4.78, 5) is 31.1. The molecule has 0 bridgehead atoms. The van der Waals surface area contributed by atoms with E-state index in [1.54, 1.807) is 17.0 Å². The van der Waals surface area contributed by atoms with Crippen LogP contribution in [0.5, 0.6) is 0 Å². The third-order valence-corrected chi connectivity index (χ3v) is 5.36. The number of hydrogen-bond donors (Lipinski definition) is 0. The topological polar surface area (TPSA) is 79.6 Å². The van der Waals surface area contributed by atoms with Crippen molar-refractivity contribution in [1.82, 2.24) is 4.98 Å². The van der Waals surface area contributed by atoms with Crippen LogP contribution in [-0.4, -0.2) is 36.0 Å². The number of hydrogen-bond acceptors (Lipinski definition) is 6. The molecule has 0 aliphatic heterocycles. The molecule has 0 spiro atoms. The fourth-order valence-corrected chi connectivity index (χ4v) is 3.71. The number of anilines is 2. The van der Waals surface area contributed by atoms with Crippen LogP contribution in [0.25, 0.3) is 10.2 Å². The smallest absolute Gasteiger partial charge is 0.270 e. The molecule has 0 fully saturated rings. The highest BCUT2D eigenvalue weighted by molar-refractivity contribution is 7.22. The van der Waals surface area contributed by atoms with E-state index in [0.29, 0.717) is 19.5 Å². The van der Waals surface area contributed by atoms with Gasteiger partial charge in [0.05, 0.1) is 15.1 Å². The van der Waals surface area contributed by atoms with Gasteiger partial charge in [0.25, 0.3) is 5.69 Å². The van der Waals surface area contributed by atoms with Crippen LogP contribution < -0.4 is 9.80 Å². The number of aromatic nitrogens is 1. The Morgan fingerprint density at radius 3 is 2.59 bits per heavy atom. The molecule has 0 radical (unpaired) electrons. The number of nitrogens with zero attached hydrogens (tertiary/aromatic N) is 4. The third kappa shape index (κ3) is 4.22. The molecule has 140 valence electrons. The molecule has 0 saturated carbocycles. The summed E-state index contributed by atoms with van der Waals surface area (Å²) in [6, 6.07) is 14.3. The van der Waals surface area contributed by atoms with Gasteiger partial charge in [0.15, 0.2) is 5.13 Å². The Hall–Kier alpha value is -3.00. The second-order valence-corrected chi connectivity index (χ2v) is 7.07. The van der Waals surface area contributed by atoms with Gasteiger partial charge in [-0.3, -0.25) is 14.9 Å². The lowest BCUT2D eigenvalue weighted by molar-refractivity contribution is -0.384. The van der Waals surface area contributed by atoms with Crippen molar-refractivity contribution in [3.63, 3.8) is 0 Å². The van der Waals surface area contributed by atoms with Gasteiger partial charge >= 0.3 is 0 Å². The van der Waals surface area contributed by atoms with Crippen LogP contribution in [0.15, 0.2) is 48.5 Å². The number of fused-ring (bicyclic) bond motifs is 1. The number of likely N-dealkylation sites (N-methyl/N-ethyl adjacent to an activating group) is 1. The fourth-order valence-electron chi connectivity index (χ4n) is 2.72. The van der Waals surface area contributed by atoms with Crippen LogP contribution in [0.3, 0.4) is 0 Å². The summed E-state index contributed by atoms with van der Waals surface area (Å²) in [5.74, 6) is 0.0644. The first kappa shape index (κ1) is 18.8. The zero-order valence-corrected chi connectivity index (χ0v) is 16.0. The largest absolute Gasteiger partial charge is 0.349 e. The SMILES string of the molecule is CCC(=O)N(CCN(C)c1nc2ccc([N+](=O)[O-])cc2s1)c1ccccc1. The number of non-ortho nitro benzene ring substituents is 1. The molecule has 1 heterocycles. The maximum atomic E-state index is 12.3. The van der Waals surface area contributed by atoms with E-state index in [-0.39, 0.29) is 11.6 Å². The van der Waals surface area contributed by atoms with Gasteiger partial charge < -0.3 is 9.80 Å². The lowest BCUT2D eigenvalue weighted by atomic mass is 10.2. The van der Waals surface area contributed by atoms with Crippen LogP contribution >= 0.6 is 11.3 Å². The summed E-state index contributed by atoms with van der Waals surface area (Å²) in [7, 11) is 1.91. The summed E-state index contributed by atoms with van der Waals surface area (Å²) in [5.41, 5.74) is 1.67. The normalized spacial score (nSPS) is 10.7. The van der Waals surface area contributed by atoms with Gasteiger partial charge in [0.1, 0.15) is 0 Å². The average molecular weight is 384 g/mol. The standard InChI is InChI=1S/C19H20N4O3S/c1-3-18(24)22(14-7-5-4-6-8-14)12-11-21(2)19-20-16-10-9-15(23(25)26)13-17(16)27-19/h4-10,13H,3,11-12H2,1-2H3. The predicted molar refractivity (Wildman–Crippen MR) is 109 cm³/mol. The summed E-state index contributed by atoms with van der Waals surface area (Å²) in [6.45, 7) is 2.98. The Balaban J connectivity index is 1.75. The number of nitro benzene ring substituents is 1. The maximum absolute atomic E-state index is 12.3. The summed E-state index contributed by atoms with van der Waals surface area (Å²) < 4.78 is 0.774. The van der Waals surface area contributed by atoms with Crippen molar-refractivity contribution in [1.29, 1.82) is 0 Å². The lowest BCUT2D eigenvalue weighted by Crippen LogP contribution is -2.37. The van der Waals surface area contributed by atoms with Crippen LogP contribution in [0, 0.1) is 10.1 Å². The highest BCUT2D eigenvalue weighted by atomic mass is 32.1. The lowest BCUT2D eigenvalue weighted by Gasteiger charge is -2.25. The summed E-state index contributed by atoms with van der Waals surface area (Å²) >= 11 is 1.41. The maximum Gasteiger partial charge on any atom is 0.270 e. The molecule has 8 heteroatoms. The van der Waals surface area contributed by atoms with E-state index >= 15 is 0 Å². The number of benzene rings is 2. The number of nitro groups is 1. The molecule has 0 saturated heterocycles. The zero-order chi connectivity index (χ0) is 19.4. The highest BCUT2D eigenvalue weighted by Gasteiger charge is 2.16. The van der Waals surface area contributed by atoms with Crippen molar-refractivity contribution in [3.05, 3.63) is 58.6 Å². The van der Waals surface area contributed by atoms with Crippen molar-refractivity contribution < 1.29 is 9.72 Å². The minimum atomic E-state index is -0.406. The van der Waals surface area contributed by atoms with E-state index in [9.17, 15) is 14.9 Å². The van der Waals surface area contributed by atoms with Gasteiger partial charge in [-0.15, -0.1) is 0 Å². The van der Waals surface area contributed by atoms with Crippen molar-refractivity contribution in [2.45, 2.75) is 13.3 Å². The Morgan fingerprint density at radius 1 is 1.19 bits per heavy atom. The number of carbonyl (C=O) groups is 1. The van der Waals surface area contributed by atoms with Crippen LogP contribution in [0.2, 0.25) is 0 Å². The first-order valence-corrected chi connectivity index (χ1v) is 9.42. The van der Waals surface area contributed by atoms with E-state index in [4.69, 9.17) is 0 Å². The zero-order valence-electron chi connectivity index (χ0n) is 15.2. The summed E-state index contributed by atoms with van der Waals surface area (Å²) in [5, 5.41) is 11.7. The van der Waals surface area contributed by atoms with E-state index in [1.807, 2.05) is 49.2 Å². The van der Waals surface area contributed by atoms with Gasteiger partial charge in [-0.05, 0) is 18.2 Å². The molecular weight excluding hydrogens is 364 g/mol. The molecule has 3 aromatic rings. The molecule has 0 aliphatic rings. The number of para-hydroxylation sites is 1. The Labute approximate surface area is 161 Å². The molecular formula is C19H20N4O3S. The average Bonchev–Trinajstić information content (AvgIpc) is 3.12. The molecule has 0 N–H and O–H groups in total. The van der Waals surface area contributed by atoms with Crippen LogP contribution in [0.4, 0.5) is 16.5 Å². The van der Waals surface area contributed by atoms with Crippen LogP contribution in [0.1, 0.15) is 13.3 Å². The fraction of sp³-hybridized carbons (Fsp3) is 0.263. The first-order valence-electron chi connectivity index (χ1n) is 8.61. The minimum Gasteiger partial charge on any atom is -0.349 e. The number of rotatable bonds is 7. The second-order valence-electron chi connectivity index (χ2n) is 6.06. The van der Waals surface area contributed by atoms with Crippen LogP contribution in [-0.2, 0) is 4.79 Å². The second kappa shape index (κ2) is 8.13. The quantitative estimate of drug-likeness (QED) is 0.453. The molecule has 27 heavy (non-hydrogen) atoms. The molecule has 7 nitrogen and oxygen atoms in total. The molecule has 3 rings (SSSR count). The number of carbonyl (C=O) groups excluding carboxylic acids is 1. The van der Waals surface area contributed by atoms with Gasteiger partial charge in [-0.1, -0.05) is 36.5 Å². The highest BCUT2D eigenvalue weighted by Crippen LogP contribution is 2.30. The Morgan fingerprint density at radius 2 is 1.93 bits per heavy atom. The first-order chi connectivity index (χ1) is 13.0. The van der Waals surface area contributed by atoms with E-state index < -0.39 is 4.92 Å².